The molecule has 7 nitrogen and oxygen atoms in total. The molecule has 0 N–H and O–H groups in total. The minimum atomic E-state index is -0.374. The number of piperidine rings is 1. The second-order valence-corrected chi connectivity index (χ2v) is 6.98. The first kappa shape index (κ1) is 19.2. The number of nitrogens with zero attached hydrogens (tertiary/aromatic N) is 2. The van der Waals surface area contributed by atoms with Crippen molar-refractivity contribution < 1.29 is 23.9 Å². The van der Waals surface area contributed by atoms with E-state index in [1.54, 1.807) is 36.0 Å². The highest BCUT2D eigenvalue weighted by Gasteiger charge is 2.39. The summed E-state index contributed by atoms with van der Waals surface area (Å²) in [6.07, 6.45) is 1.72. The Bertz CT molecular complexity index is 703. The van der Waals surface area contributed by atoms with Gasteiger partial charge >= 0.3 is 5.97 Å². The largest absolute Gasteiger partial charge is 0.497 e. The molecule has 0 bridgehead atoms. The number of hydrogen-bond acceptors (Lipinski definition) is 5. The lowest BCUT2D eigenvalue weighted by molar-refractivity contribution is -0.152. The lowest BCUT2D eigenvalue weighted by Crippen LogP contribution is -2.45. The number of amides is 2. The van der Waals surface area contributed by atoms with Crippen molar-refractivity contribution in [2.45, 2.75) is 26.2 Å². The van der Waals surface area contributed by atoms with Crippen molar-refractivity contribution in [3.05, 3.63) is 24.3 Å². The van der Waals surface area contributed by atoms with Crippen molar-refractivity contribution >= 4 is 23.5 Å². The van der Waals surface area contributed by atoms with Crippen molar-refractivity contribution in [2.24, 2.45) is 11.8 Å². The molecule has 2 saturated heterocycles. The molecule has 0 unspecified atom stereocenters. The van der Waals surface area contributed by atoms with Gasteiger partial charge in [0.15, 0.2) is 0 Å². The van der Waals surface area contributed by atoms with Crippen LogP contribution in [0.15, 0.2) is 24.3 Å². The third kappa shape index (κ3) is 4.23. The maximum atomic E-state index is 12.9. The number of carbonyl (C=O) groups is 3. The zero-order valence-corrected chi connectivity index (χ0v) is 15.8. The highest BCUT2D eigenvalue weighted by Crippen LogP contribution is 2.29. The average molecular weight is 374 g/mol. The Labute approximate surface area is 159 Å². The Morgan fingerprint density at radius 2 is 1.89 bits per heavy atom. The quantitative estimate of drug-likeness (QED) is 0.735. The van der Waals surface area contributed by atoms with E-state index >= 15 is 0 Å². The van der Waals surface area contributed by atoms with Crippen molar-refractivity contribution in [3.63, 3.8) is 0 Å². The van der Waals surface area contributed by atoms with Gasteiger partial charge in [-0.3, -0.25) is 14.4 Å². The van der Waals surface area contributed by atoms with Crippen LogP contribution in [0.2, 0.25) is 0 Å². The topological polar surface area (TPSA) is 76.2 Å². The van der Waals surface area contributed by atoms with Crippen LogP contribution in [0.5, 0.6) is 5.75 Å². The van der Waals surface area contributed by atoms with Crippen LogP contribution in [0.4, 0.5) is 5.69 Å². The molecule has 0 aromatic heterocycles. The molecule has 3 rings (SSSR count). The molecule has 0 saturated carbocycles. The van der Waals surface area contributed by atoms with E-state index < -0.39 is 0 Å². The summed E-state index contributed by atoms with van der Waals surface area (Å²) in [4.78, 5) is 40.7. The van der Waals surface area contributed by atoms with E-state index in [0.717, 1.165) is 24.3 Å². The van der Waals surface area contributed by atoms with Crippen molar-refractivity contribution in [1.82, 2.24) is 4.90 Å². The maximum absolute atomic E-state index is 12.9. The third-order valence-electron chi connectivity index (χ3n) is 5.21. The number of esters is 1. The summed E-state index contributed by atoms with van der Waals surface area (Å²) in [7, 11) is 1.59. The third-order valence-corrected chi connectivity index (χ3v) is 5.21. The summed E-state index contributed by atoms with van der Waals surface area (Å²) in [6, 6.07) is 7.24. The highest BCUT2D eigenvalue weighted by molar-refractivity contribution is 6.00. The summed E-state index contributed by atoms with van der Waals surface area (Å²) in [5.74, 6) is -0.266. The van der Waals surface area contributed by atoms with Crippen molar-refractivity contribution in [3.8, 4) is 5.75 Å². The molecule has 2 heterocycles. The molecule has 2 fully saturated rings. The van der Waals surface area contributed by atoms with Gasteiger partial charge in [-0.05, 0) is 44.0 Å². The molecular formula is C20H26N2O5. The molecule has 0 spiro atoms. The zero-order valence-electron chi connectivity index (χ0n) is 15.8. The molecule has 0 radical (unpaired) electrons. The molecule has 2 atom stereocenters. The molecule has 146 valence electrons. The van der Waals surface area contributed by atoms with Crippen LogP contribution < -0.4 is 9.64 Å². The number of carbonyl (C=O) groups excluding carboxylic acids is 3. The summed E-state index contributed by atoms with van der Waals surface area (Å²) >= 11 is 0. The molecule has 7 heteroatoms. The van der Waals surface area contributed by atoms with Gasteiger partial charge in [0, 0.05) is 31.7 Å². The van der Waals surface area contributed by atoms with Crippen LogP contribution in [0, 0.1) is 11.8 Å². The number of methoxy groups -OCH3 is 1. The lowest BCUT2D eigenvalue weighted by atomic mass is 9.96. The summed E-state index contributed by atoms with van der Waals surface area (Å²) in [5.41, 5.74) is 0.763. The minimum absolute atomic E-state index is 0.0478. The van der Waals surface area contributed by atoms with E-state index in [2.05, 4.69) is 0 Å². The highest BCUT2D eigenvalue weighted by atomic mass is 16.5. The summed E-state index contributed by atoms with van der Waals surface area (Å²) < 4.78 is 10.2. The maximum Gasteiger partial charge on any atom is 0.310 e. The molecule has 0 aliphatic carbocycles. The van der Waals surface area contributed by atoms with Gasteiger partial charge in [-0.25, -0.2) is 0 Å². The lowest BCUT2D eigenvalue weighted by Gasteiger charge is -2.33. The Balaban J connectivity index is 1.63. The van der Waals surface area contributed by atoms with Gasteiger partial charge < -0.3 is 19.3 Å². The van der Waals surface area contributed by atoms with Crippen LogP contribution in [-0.4, -0.2) is 56.0 Å². The Morgan fingerprint density at radius 3 is 2.56 bits per heavy atom. The average Bonchev–Trinajstić information content (AvgIpc) is 3.09. The van der Waals surface area contributed by atoms with Gasteiger partial charge in [0.05, 0.1) is 25.6 Å². The first-order valence-electron chi connectivity index (χ1n) is 9.43. The van der Waals surface area contributed by atoms with E-state index in [9.17, 15) is 14.4 Å². The molecule has 1 aromatic carbocycles. The zero-order chi connectivity index (χ0) is 19.4. The van der Waals surface area contributed by atoms with Crippen LogP contribution in [-0.2, 0) is 19.1 Å². The van der Waals surface area contributed by atoms with E-state index in [4.69, 9.17) is 9.47 Å². The van der Waals surface area contributed by atoms with E-state index in [1.165, 1.54) is 0 Å². The van der Waals surface area contributed by atoms with Crippen LogP contribution in [0.25, 0.3) is 0 Å². The number of anilines is 1. The van der Waals surface area contributed by atoms with E-state index in [-0.39, 0.29) is 36.0 Å². The predicted octanol–water partition coefficient (Wildman–Crippen LogP) is 1.85. The van der Waals surface area contributed by atoms with Gasteiger partial charge in [0.2, 0.25) is 11.8 Å². The Kier molecular flexibility index (Phi) is 5.98. The molecule has 27 heavy (non-hydrogen) atoms. The van der Waals surface area contributed by atoms with Crippen LogP contribution in [0.1, 0.15) is 26.2 Å². The predicted molar refractivity (Wildman–Crippen MR) is 99.4 cm³/mol. The molecule has 2 aliphatic heterocycles. The van der Waals surface area contributed by atoms with E-state index in [0.29, 0.717) is 26.2 Å². The standard InChI is InChI=1S/C20H26N2O5/c1-3-27-20(25)14-5-4-10-21(12-14)19(24)15-11-18(23)22(13-15)16-6-8-17(26-2)9-7-16/h6-9,14-15H,3-5,10-13H2,1-2H3/t14-,15+/m0/s1. The normalized spacial score (nSPS) is 22.7. The minimum Gasteiger partial charge on any atom is -0.497 e. The van der Waals surface area contributed by atoms with Crippen LogP contribution in [0.3, 0.4) is 0 Å². The van der Waals surface area contributed by atoms with Gasteiger partial charge in [-0.2, -0.15) is 0 Å². The van der Waals surface area contributed by atoms with Crippen molar-refractivity contribution in [1.29, 1.82) is 0 Å². The van der Waals surface area contributed by atoms with Gasteiger partial charge in [-0.15, -0.1) is 0 Å². The van der Waals surface area contributed by atoms with Crippen molar-refractivity contribution in [2.75, 3.05) is 38.3 Å². The fourth-order valence-electron chi connectivity index (χ4n) is 3.77. The summed E-state index contributed by atoms with van der Waals surface area (Å²) in [5, 5.41) is 0. The Hall–Kier alpha value is -2.57. The first-order chi connectivity index (χ1) is 13.0. The number of benzene rings is 1. The van der Waals surface area contributed by atoms with E-state index in [1.807, 2.05) is 12.1 Å². The molecular weight excluding hydrogens is 348 g/mol. The van der Waals surface area contributed by atoms with Gasteiger partial charge in [0.25, 0.3) is 0 Å². The second kappa shape index (κ2) is 8.41. The number of rotatable bonds is 5. The van der Waals surface area contributed by atoms with Crippen LogP contribution >= 0.6 is 0 Å². The molecule has 2 amide bonds. The monoisotopic (exact) mass is 374 g/mol. The fraction of sp³-hybridized carbons (Fsp3) is 0.550. The van der Waals surface area contributed by atoms with Gasteiger partial charge in [-0.1, -0.05) is 0 Å². The second-order valence-electron chi connectivity index (χ2n) is 6.98. The number of hydrogen-bond donors (Lipinski definition) is 0. The van der Waals surface area contributed by atoms with Gasteiger partial charge in [0.1, 0.15) is 5.75 Å². The summed E-state index contributed by atoms with van der Waals surface area (Å²) in [6.45, 7) is 3.50. The fourth-order valence-corrected chi connectivity index (χ4v) is 3.77. The Morgan fingerprint density at radius 1 is 1.15 bits per heavy atom. The number of ether oxygens (including phenoxy) is 2. The smallest absolute Gasteiger partial charge is 0.310 e. The molecule has 1 aromatic rings. The first-order valence-corrected chi connectivity index (χ1v) is 9.43. The SMILES string of the molecule is CCOC(=O)[C@H]1CCCN(C(=O)[C@@H]2CC(=O)N(c3ccc(OC)cc3)C2)C1. The molecule has 2 aliphatic rings. The number of likely N-dealkylation sites (tertiary alicyclic amines) is 1.